The van der Waals surface area contributed by atoms with Crippen molar-refractivity contribution in [1.82, 2.24) is 4.90 Å². The number of aliphatic hydroxyl groups excluding tert-OH is 1. The molecule has 0 aromatic rings. The van der Waals surface area contributed by atoms with E-state index >= 15 is 0 Å². The Morgan fingerprint density at radius 1 is 1.60 bits per heavy atom. The molecule has 1 atom stereocenters. The van der Waals surface area contributed by atoms with Crippen LogP contribution in [-0.4, -0.2) is 53.4 Å². The SMILES string of the molecule is CCCC1SCC(=O)N1CCOCCO. The van der Waals surface area contributed by atoms with Gasteiger partial charge in [0.25, 0.3) is 0 Å². The molecular weight excluding hydrogens is 214 g/mol. The monoisotopic (exact) mass is 233 g/mol. The first-order valence-corrected chi connectivity index (χ1v) is 6.44. The van der Waals surface area contributed by atoms with E-state index in [2.05, 4.69) is 6.92 Å². The Hall–Kier alpha value is -0.260. The number of hydrogen-bond acceptors (Lipinski definition) is 4. The van der Waals surface area contributed by atoms with Crippen LogP contribution >= 0.6 is 11.8 Å². The van der Waals surface area contributed by atoms with Crippen LogP contribution < -0.4 is 0 Å². The first-order chi connectivity index (χ1) is 7.29. The molecular formula is C10H19NO3S. The zero-order chi connectivity index (χ0) is 11.1. The fraction of sp³-hybridized carbons (Fsp3) is 0.900. The summed E-state index contributed by atoms with van der Waals surface area (Å²) in [5.74, 6) is 0.816. The van der Waals surface area contributed by atoms with Crippen molar-refractivity contribution in [2.45, 2.75) is 25.1 Å². The van der Waals surface area contributed by atoms with Gasteiger partial charge in [0.2, 0.25) is 5.91 Å². The number of ether oxygens (including phenoxy) is 1. The Balaban J connectivity index is 2.26. The Morgan fingerprint density at radius 2 is 2.40 bits per heavy atom. The minimum absolute atomic E-state index is 0.0427. The zero-order valence-corrected chi connectivity index (χ0v) is 9.96. The zero-order valence-electron chi connectivity index (χ0n) is 9.15. The number of hydrogen-bond donors (Lipinski definition) is 1. The second-order valence-corrected chi connectivity index (χ2v) is 4.64. The fourth-order valence-electron chi connectivity index (χ4n) is 1.59. The number of thioether (sulfide) groups is 1. The van der Waals surface area contributed by atoms with Crippen LogP contribution in [0.4, 0.5) is 0 Å². The van der Waals surface area contributed by atoms with Gasteiger partial charge < -0.3 is 14.7 Å². The van der Waals surface area contributed by atoms with Gasteiger partial charge in [-0.2, -0.15) is 0 Å². The quantitative estimate of drug-likeness (QED) is 0.658. The smallest absolute Gasteiger partial charge is 0.233 e. The van der Waals surface area contributed by atoms with E-state index < -0.39 is 0 Å². The van der Waals surface area contributed by atoms with Crippen molar-refractivity contribution in [3.63, 3.8) is 0 Å². The lowest BCUT2D eigenvalue weighted by Gasteiger charge is -2.23. The summed E-state index contributed by atoms with van der Waals surface area (Å²) in [5.41, 5.74) is 0. The third-order valence-electron chi connectivity index (χ3n) is 2.31. The van der Waals surface area contributed by atoms with Crippen molar-refractivity contribution in [2.24, 2.45) is 0 Å². The molecule has 5 heteroatoms. The molecule has 1 saturated heterocycles. The Morgan fingerprint density at radius 3 is 3.07 bits per heavy atom. The predicted octanol–water partition coefficient (Wildman–Crippen LogP) is 0.697. The van der Waals surface area contributed by atoms with Crippen molar-refractivity contribution >= 4 is 17.7 Å². The summed E-state index contributed by atoms with van der Waals surface area (Å²) >= 11 is 1.72. The summed E-state index contributed by atoms with van der Waals surface area (Å²) in [6.45, 7) is 3.70. The summed E-state index contributed by atoms with van der Waals surface area (Å²) in [6.07, 6.45) is 2.15. The molecule has 1 aliphatic rings. The average Bonchev–Trinajstić information content (AvgIpc) is 2.56. The minimum Gasteiger partial charge on any atom is -0.394 e. The Bertz CT molecular complexity index is 201. The first kappa shape index (κ1) is 12.8. The molecule has 1 aliphatic heterocycles. The molecule has 0 spiro atoms. The fourth-order valence-corrected chi connectivity index (χ4v) is 2.89. The lowest BCUT2D eigenvalue weighted by atomic mass is 10.3. The lowest BCUT2D eigenvalue weighted by Crippen LogP contribution is -2.35. The molecule has 1 amide bonds. The molecule has 1 unspecified atom stereocenters. The third kappa shape index (κ3) is 4.01. The number of nitrogens with zero attached hydrogens (tertiary/aromatic N) is 1. The van der Waals surface area contributed by atoms with Gasteiger partial charge in [0.05, 0.1) is 30.9 Å². The molecule has 1 fully saturated rings. The van der Waals surface area contributed by atoms with Crippen LogP contribution in [0.15, 0.2) is 0 Å². The first-order valence-electron chi connectivity index (χ1n) is 5.39. The summed E-state index contributed by atoms with van der Waals surface area (Å²) in [4.78, 5) is 13.4. The van der Waals surface area contributed by atoms with Crippen molar-refractivity contribution in [2.75, 3.05) is 32.1 Å². The highest BCUT2D eigenvalue weighted by Crippen LogP contribution is 2.27. The lowest BCUT2D eigenvalue weighted by molar-refractivity contribution is -0.128. The average molecular weight is 233 g/mol. The molecule has 1 N–H and O–H groups in total. The third-order valence-corrected chi connectivity index (χ3v) is 3.60. The van der Waals surface area contributed by atoms with Gasteiger partial charge in [-0.05, 0) is 6.42 Å². The van der Waals surface area contributed by atoms with Gasteiger partial charge >= 0.3 is 0 Å². The molecule has 0 aliphatic carbocycles. The van der Waals surface area contributed by atoms with E-state index in [1.54, 1.807) is 11.8 Å². The maximum absolute atomic E-state index is 11.5. The van der Waals surface area contributed by atoms with Crippen molar-refractivity contribution in [3.8, 4) is 0 Å². The maximum Gasteiger partial charge on any atom is 0.233 e. The molecule has 0 aromatic heterocycles. The van der Waals surface area contributed by atoms with Gasteiger partial charge in [0.15, 0.2) is 0 Å². The van der Waals surface area contributed by atoms with Crippen LogP contribution in [0.2, 0.25) is 0 Å². The molecule has 15 heavy (non-hydrogen) atoms. The van der Waals surface area contributed by atoms with E-state index in [-0.39, 0.29) is 12.5 Å². The van der Waals surface area contributed by atoms with Gasteiger partial charge in [-0.25, -0.2) is 0 Å². The number of amides is 1. The van der Waals surface area contributed by atoms with E-state index in [9.17, 15) is 4.79 Å². The van der Waals surface area contributed by atoms with E-state index in [0.29, 0.717) is 30.9 Å². The molecule has 0 bridgehead atoms. The van der Waals surface area contributed by atoms with Gasteiger partial charge in [-0.15, -0.1) is 11.8 Å². The van der Waals surface area contributed by atoms with Crippen molar-refractivity contribution in [1.29, 1.82) is 0 Å². The predicted molar refractivity (Wildman–Crippen MR) is 60.8 cm³/mol. The van der Waals surface area contributed by atoms with Gasteiger partial charge in [-0.3, -0.25) is 4.79 Å². The Kier molecular flexibility index (Phi) is 6.05. The number of carbonyl (C=O) groups is 1. The van der Waals surface area contributed by atoms with Crippen molar-refractivity contribution in [3.05, 3.63) is 0 Å². The number of aliphatic hydroxyl groups is 1. The minimum atomic E-state index is 0.0427. The van der Waals surface area contributed by atoms with Crippen LogP contribution in [0.3, 0.4) is 0 Å². The molecule has 1 rings (SSSR count). The second kappa shape index (κ2) is 7.09. The molecule has 0 aromatic carbocycles. The van der Waals surface area contributed by atoms with Crippen LogP contribution in [0.25, 0.3) is 0 Å². The summed E-state index contributed by atoms with van der Waals surface area (Å²) in [6, 6.07) is 0. The molecule has 0 radical (unpaired) electrons. The molecule has 1 heterocycles. The van der Waals surface area contributed by atoms with Gasteiger partial charge in [-0.1, -0.05) is 13.3 Å². The van der Waals surface area contributed by atoms with E-state index in [1.807, 2.05) is 4.90 Å². The second-order valence-electron chi connectivity index (χ2n) is 3.48. The van der Waals surface area contributed by atoms with E-state index in [4.69, 9.17) is 9.84 Å². The highest BCUT2D eigenvalue weighted by atomic mass is 32.2. The number of carbonyl (C=O) groups excluding carboxylic acids is 1. The Labute approximate surface area is 95.0 Å². The largest absolute Gasteiger partial charge is 0.394 e. The standard InChI is InChI=1S/C10H19NO3S/c1-2-3-10-11(9(13)8-15-10)4-6-14-7-5-12/h10,12H,2-8H2,1H3. The van der Waals surface area contributed by atoms with Crippen LogP contribution in [0.1, 0.15) is 19.8 Å². The van der Waals surface area contributed by atoms with E-state index in [0.717, 1.165) is 12.8 Å². The summed E-state index contributed by atoms with van der Waals surface area (Å²) in [5, 5.41) is 8.87. The van der Waals surface area contributed by atoms with Gasteiger partial charge in [0, 0.05) is 6.54 Å². The van der Waals surface area contributed by atoms with Crippen LogP contribution in [0.5, 0.6) is 0 Å². The molecule has 88 valence electrons. The summed E-state index contributed by atoms with van der Waals surface area (Å²) in [7, 11) is 0. The summed E-state index contributed by atoms with van der Waals surface area (Å²) < 4.78 is 5.17. The highest BCUT2D eigenvalue weighted by molar-refractivity contribution is 8.00. The normalized spacial score (nSPS) is 21.3. The molecule has 0 saturated carbocycles. The van der Waals surface area contributed by atoms with Gasteiger partial charge in [0.1, 0.15) is 0 Å². The molecule has 4 nitrogen and oxygen atoms in total. The van der Waals surface area contributed by atoms with Crippen molar-refractivity contribution < 1.29 is 14.6 Å². The van der Waals surface area contributed by atoms with Crippen LogP contribution in [-0.2, 0) is 9.53 Å². The highest BCUT2D eigenvalue weighted by Gasteiger charge is 2.30. The van der Waals surface area contributed by atoms with Crippen LogP contribution in [0, 0.1) is 0 Å². The van der Waals surface area contributed by atoms with E-state index in [1.165, 1.54) is 0 Å². The topological polar surface area (TPSA) is 49.8 Å². The number of rotatable bonds is 7. The maximum atomic E-state index is 11.5.